The van der Waals surface area contributed by atoms with E-state index in [0.717, 1.165) is 25.8 Å². The van der Waals surface area contributed by atoms with Gasteiger partial charge >= 0.3 is 5.97 Å². The zero-order valence-electron chi connectivity index (χ0n) is 11.3. The molecule has 1 aromatic heterocycles. The maximum absolute atomic E-state index is 10.9. The van der Waals surface area contributed by atoms with Crippen LogP contribution in [0.1, 0.15) is 37.9 Å². The van der Waals surface area contributed by atoms with E-state index in [9.17, 15) is 4.79 Å². The van der Waals surface area contributed by atoms with Crippen LogP contribution in [0.15, 0.2) is 4.52 Å². The molecule has 1 rings (SSSR count). The van der Waals surface area contributed by atoms with Gasteiger partial charge in [0.1, 0.15) is 0 Å². The molecular weight excluding hydrogens is 234 g/mol. The third-order valence-electron chi connectivity index (χ3n) is 2.53. The van der Waals surface area contributed by atoms with Crippen molar-refractivity contribution >= 4 is 5.97 Å². The molecule has 18 heavy (non-hydrogen) atoms. The molecular formula is C12H21N3O3. The highest BCUT2D eigenvalue weighted by molar-refractivity contribution is 5.69. The summed E-state index contributed by atoms with van der Waals surface area (Å²) in [5, 5.41) is 3.91. The number of hydrogen-bond donors (Lipinski definition) is 0. The predicted octanol–water partition coefficient (Wildman–Crippen LogP) is 1.41. The highest BCUT2D eigenvalue weighted by Crippen LogP contribution is 2.04. The molecule has 0 saturated carbocycles. The highest BCUT2D eigenvalue weighted by atomic mass is 16.5. The Kier molecular flexibility index (Phi) is 6.35. The van der Waals surface area contributed by atoms with Gasteiger partial charge in [0.25, 0.3) is 0 Å². The lowest BCUT2D eigenvalue weighted by atomic mass is 10.3. The lowest BCUT2D eigenvalue weighted by Crippen LogP contribution is -2.20. The third-order valence-corrected chi connectivity index (χ3v) is 2.53. The molecule has 1 aromatic rings. The number of esters is 1. The Balaban J connectivity index is 2.26. The zero-order valence-corrected chi connectivity index (χ0v) is 11.3. The second-order valence-corrected chi connectivity index (χ2v) is 4.27. The van der Waals surface area contributed by atoms with Crippen molar-refractivity contribution in [2.24, 2.45) is 0 Å². The Bertz CT molecular complexity index is 365. The molecule has 0 spiro atoms. The van der Waals surface area contributed by atoms with E-state index in [1.165, 1.54) is 7.11 Å². The summed E-state index contributed by atoms with van der Waals surface area (Å²) in [6, 6.07) is 0. The highest BCUT2D eigenvalue weighted by Gasteiger charge is 2.09. The van der Waals surface area contributed by atoms with E-state index in [1.54, 1.807) is 0 Å². The number of ether oxygens (including phenoxy) is 1. The molecule has 6 nitrogen and oxygen atoms in total. The van der Waals surface area contributed by atoms with E-state index < -0.39 is 0 Å². The Labute approximate surface area is 107 Å². The molecule has 102 valence electrons. The summed E-state index contributed by atoms with van der Waals surface area (Å²) < 4.78 is 9.69. The summed E-state index contributed by atoms with van der Waals surface area (Å²) >= 11 is 0. The summed E-state index contributed by atoms with van der Waals surface area (Å²) in [7, 11) is 3.37. The quantitative estimate of drug-likeness (QED) is 0.654. The minimum Gasteiger partial charge on any atom is -0.469 e. The van der Waals surface area contributed by atoms with Crippen LogP contribution >= 0.6 is 0 Å². The average Bonchev–Trinajstić information content (AvgIpc) is 2.76. The third kappa shape index (κ3) is 5.27. The van der Waals surface area contributed by atoms with Crippen LogP contribution in [0.5, 0.6) is 0 Å². The van der Waals surface area contributed by atoms with Gasteiger partial charge in [-0.3, -0.25) is 9.69 Å². The first-order valence-electron chi connectivity index (χ1n) is 6.22. The summed E-state index contributed by atoms with van der Waals surface area (Å²) in [6.45, 7) is 3.50. The van der Waals surface area contributed by atoms with E-state index in [1.807, 2.05) is 7.05 Å². The fourth-order valence-electron chi connectivity index (χ4n) is 1.59. The molecule has 0 aliphatic carbocycles. The summed E-state index contributed by atoms with van der Waals surface area (Å²) in [5.41, 5.74) is 0. The molecule has 0 bridgehead atoms. The van der Waals surface area contributed by atoms with Crippen LogP contribution in [0.25, 0.3) is 0 Å². The number of aromatic nitrogens is 2. The SMILES string of the molecule is CCCc1nc(CN(C)CCCC(=O)OC)no1. The first-order chi connectivity index (χ1) is 8.65. The second kappa shape index (κ2) is 7.81. The van der Waals surface area contributed by atoms with E-state index in [4.69, 9.17) is 4.52 Å². The van der Waals surface area contributed by atoms with Crippen LogP contribution in [-0.2, 0) is 22.5 Å². The Morgan fingerprint density at radius 1 is 1.50 bits per heavy atom. The minimum atomic E-state index is -0.173. The van der Waals surface area contributed by atoms with Crippen molar-refractivity contribution in [1.29, 1.82) is 0 Å². The number of aryl methyl sites for hydroxylation is 1. The first-order valence-corrected chi connectivity index (χ1v) is 6.22. The van der Waals surface area contributed by atoms with E-state index >= 15 is 0 Å². The largest absolute Gasteiger partial charge is 0.469 e. The van der Waals surface area contributed by atoms with Gasteiger partial charge in [-0.1, -0.05) is 12.1 Å². The normalized spacial score (nSPS) is 10.9. The number of nitrogens with zero attached hydrogens (tertiary/aromatic N) is 3. The molecule has 0 amide bonds. The topological polar surface area (TPSA) is 68.5 Å². The second-order valence-electron chi connectivity index (χ2n) is 4.27. The zero-order chi connectivity index (χ0) is 13.4. The molecule has 0 saturated heterocycles. The molecule has 1 heterocycles. The molecule has 0 radical (unpaired) electrons. The summed E-state index contributed by atoms with van der Waals surface area (Å²) in [4.78, 5) is 17.3. The van der Waals surface area contributed by atoms with Gasteiger partial charge in [0.2, 0.25) is 5.89 Å². The van der Waals surface area contributed by atoms with E-state index in [0.29, 0.717) is 24.7 Å². The van der Waals surface area contributed by atoms with Crippen LogP contribution < -0.4 is 0 Å². The lowest BCUT2D eigenvalue weighted by molar-refractivity contribution is -0.140. The van der Waals surface area contributed by atoms with Gasteiger partial charge in [-0.25, -0.2) is 0 Å². The molecule has 0 aliphatic heterocycles. The van der Waals surface area contributed by atoms with Crippen LogP contribution in [0.3, 0.4) is 0 Å². The summed E-state index contributed by atoms with van der Waals surface area (Å²) in [6.07, 6.45) is 3.02. The Hall–Kier alpha value is -1.43. The smallest absolute Gasteiger partial charge is 0.305 e. The number of carbonyl (C=O) groups excluding carboxylic acids is 1. The first kappa shape index (κ1) is 14.6. The molecule has 6 heteroatoms. The van der Waals surface area contributed by atoms with Crippen molar-refractivity contribution in [3.05, 3.63) is 11.7 Å². The number of hydrogen-bond acceptors (Lipinski definition) is 6. The minimum absolute atomic E-state index is 0.173. The molecule has 0 unspecified atom stereocenters. The Morgan fingerprint density at radius 2 is 2.28 bits per heavy atom. The van der Waals surface area contributed by atoms with Crippen LogP contribution in [0, 0.1) is 0 Å². The van der Waals surface area contributed by atoms with Crippen LogP contribution in [0.2, 0.25) is 0 Å². The van der Waals surface area contributed by atoms with Crippen LogP contribution in [-0.4, -0.2) is 41.7 Å². The van der Waals surface area contributed by atoms with Gasteiger partial charge < -0.3 is 9.26 Å². The number of methoxy groups -OCH3 is 1. The molecule has 0 aromatic carbocycles. The maximum Gasteiger partial charge on any atom is 0.305 e. The standard InChI is InChI=1S/C12H21N3O3/c1-4-6-11-13-10(14-18-11)9-15(2)8-5-7-12(16)17-3/h4-9H2,1-3H3. The number of rotatable bonds is 8. The number of carbonyl (C=O) groups is 1. The van der Waals surface area contributed by atoms with E-state index in [-0.39, 0.29) is 5.97 Å². The summed E-state index contributed by atoms with van der Waals surface area (Å²) in [5.74, 6) is 1.21. The van der Waals surface area contributed by atoms with Gasteiger partial charge in [-0.15, -0.1) is 0 Å². The fourth-order valence-corrected chi connectivity index (χ4v) is 1.59. The van der Waals surface area contributed by atoms with E-state index in [2.05, 4.69) is 26.7 Å². The molecule has 0 N–H and O–H groups in total. The van der Waals surface area contributed by atoms with Crippen molar-refractivity contribution in [2.75, 3.05) is 20.7 Å². The fraction of sp³-hybridized carbons (Fsp3) is 0.750. The van der Waals surface area contributed by atoms with Gasteiger partial charge in [-0.2, -0.15) is 4.98 Å². The maximum atomic E-state index is 10.9. The van der Waals surface area contributed by atoms with Crippen molar-refractivity contribution in [1.82, 2.24) is 15.0 Å². The van der Waals surface area contributed by atoms with Gasteiger partial charge in [0, 0.05) is 12.8 Å². The molecule has 0 aliphatic rings. The van der Waals surface area contributed by atoms with Crippen molar-refractivity contribution in [2.45, 2.75) is 39.2 Å². The molecule has 0 atom stereocenters. The van der Waals surface area contributed by atoms with Gasteiger partial charge in [-0.05, 0) is 26.4 Å². The average molecular weight is 255 g/mol. The van der Waals surface area contributed by atoms with Crippen molar-refractivity contribution in [3.8, 4) is 0 Å². The van der Waals surface area contributed by atoms with Gasteiger partial charge in [0.05, 0.1) is 13.7 Å². The lowest BCUT2D eigenvalue weighted by Gasteiger charge is -2.13. The van der Waals surface area contributed by atoms with Gasteiger partial charge in [0.15, 0.2) is 5.82 Å². The molecule has 0 fully saturated rings. The van der Waals surface area contributed by atoms with Crippen LogP contribution in [0.4, 0.5) is 0 Å². The Morgan fingerprint density at radius 3 is 2.94 bits per heavy atom. The monoisotopic (exact) mass is 255 g/mol. The van der Waals surface area contributed by atoms with Crippen molar-refractivity contribution < 1.29 is 14.1 Å². The van der Waals surface area contributed by atoms with Crippen molar-refractivity contribution in [3.63, 3.8) is 0 Å². The predicted molar refractivity (Wildman–Crippen MR) is 65.9 cm³/mol.